The molecule has 1 saturated heterocycles. The predicted octanol–water partition coefficient (Wildman–Crippen LogP) is 3.27. The lowest BCUT2D eigenvalue weighted by molar-refractivity contribution is -0.118. The number of hydrogen-bond acceptors (Lipinski definition) is 5. The van der Waals surface area contributed by atoms with Crippen molar-refractivity contribution in [2.24, 2.45) is 0 Å². The van der Waals surface area contributed by atoms with E-state index >= 15 is 0 Å². The van der Waals surface area contributed by atoms with Gasteiger partial charge in [-0.15, -0.1) is 0 Å². The van der Waals surface area contributed by atoms with Crippen LogP contribution in [-0.4, -0.2) is 38.9 Å². The van der Waals surface area contributed by atoms with Gasteiger partial charge in [-0.25, -0.2) is 0 Å². The van der Waals surface area contributed by atoms with Crippen molar-refractivity contribution in [3.8, 4) is 17.2 Å². The van der Waals surface area contributed by atoms with E-state index in [-0.39, 0.29) is 18.6 Å². The van der Waals surface area contributed by atoms with Crippen LogP contribution in [0.2, 0.25) is 0 Å². The first kappa shape index (κ1) is 18.1. The quantitative estimate of drug-likeness (QED) is 0.785. The second kappa shape index (κ2) is 9.10. The maximum atomic E-state index is 12.1. The molecular weight excluding hydrogens is 334 g/mol. The average Bonchev–Trinajstić information content (AvgIpc) is 3.19. The molecule has 1 amide bonds. The first-order valence-corrected chi connectivity index (χ1v) is 8.65. The van der Waals surface area contributed by atoms with Crippen LogP contribution in [0.1, 0.15) is 12.8 Å². The first-order chi connectivity index (χ1) is 12.7. The molecule has 1 atom stereocenters. The summed E-state index contributed by atoms with van der Waals surface area (Å²) in [6, 6.07) is 14.5. The highest BCUT2D eigenvalue weighted by Gasteiger charge is 2.16. The van der Waals surface area contributed by atoms with Crippen LogP contribution in [-0.2, 0) is 9.53 Å². The molecule has 6 nitrogen and oxygen atoms in total. The van der Waals surface area contributed by atoms with Crippen molar-refractivity contribution in [1.29, 1.82) is 0 Å². The summed E-state index contributed by atoms with van der Waals surface area (Å²) in [5.74, 6) is 1.56. The molecule has 1 fully saturated rings. The lowest BCUT2D eigenvalue weighted by Gasteiger charge is -2.13. The summed E-state index contributed by atoms with van der Waals surface area (Å²) in [5.41, 5.74) is 0.656. The Labute approximate surface area is 153 Å². The second-order valence-electron chi connectivity index (χ2n) is 5.96. The van der Waals surface area contributed by atoms with Crippen LogP contribution < -0.4 is 19.5 Å². The average molecular weight is 357 g/mol. The van der Waals surface area contributed by atoms with Gasteiger partial charge in [0.15, 0.2) is 18.1 Å². The summed E-state index contributed by atoms with van der Waals surface area (Å²) in [4.78, 5) is 12.1. The van der Waals surface area contributed by atoms with E-state index in [0.29, 0.717) is 29.5 Å². The number of ether oxygens (including phenoxy) is 4. The maximum Gasteiger partial charge on any atom is 0.262 e. The minimum absolute atomic E-state index is 0.110. The number of nitrogens with one attached hydrogen (secondary N) is 1. The van der Waals surface area contributed by atoms with Gasteiger partial charge in [0.05, 0.1) is 13.2 Å². The molecular formula is C20H23NO5. The molecule has 0 radical (unpaired) electrons. The molecule has 0 spiro atoms. The zero-order chi connectivity index (χ0) is 18.2. The van der Waals surface area contributed by atoms with Crippen LogP contribution in [0.5, 0.6) is 17.2 Å². The fourth-order valence-electron chi connectivity index (χ4n) is 2.71. The number of amides is 1. The molecule has 0 aromatic heterocycles. The number of methoxy groups -OCH3 is 1. The Balaban J connectivity index is 1.49. The highest BCUT2D eigenvalue weighted by Crippen LogP contribution is 2.25. The zero-order valence-corrected chi connectivity index (χ0v) is 14.8. The molecule has 1 heterocycles. The van der Waals surface area contributed by atoms with Crippen LogP contribution in [0.25, 0.3) is 0 Å². The van der Waals surface area contributed by atoms with E-state index in [1.54, 1.807) is 31.4 Å². The van der Waals surface area contributed by atoms with Crippen molar-refractivity contribution >= 4 is 11.6 Å². The third-order valence-electron chi connectivity index (χ3n) is 4.01. The smallest absolute Gasteiger partial charge is 0.262 e. The van der Waals surface area contributed by atoms with Crippen molar-refractivity contribution in [2.45, 2.75) is 18.9 Å². The van der Waals surface area contributed by atoms with E-state index in [1.165, 1.54) is 0 Å². The third kappa shape index (κ3) is 5.13. The van der Waals surface area contributed by atoms with E-state index in [1.807, 2.05) is 24.3 Å². The van der Waals surface area contributed by atoms with Gasteiger partial charge in [0.2, 0.25) is 0 Å². The fraction of sp³-hybridized carbons (Fsp3) is 0.350. The van der Waals surface area contributed by atoms with Crippen LogP contribution in [0.4, 0.5) is 5.69 Å². The highest BCUT2D eigenvalue weighted by atomic mass is 16.5. The Morgan fingerprint density at radius 2 is 2.00 bits per heavy atom. The van der Waals surface area contributed by atoms with Crippen LogP contribution in [0.3, 0.4) is 0 Å². The minimum Gasteiger partial charge on any atom is -0.493 e. The van der Waals surface area contributed by atoms with Crippen LogP contribution in [0, 0.1) is 0 Å². The molecule has 138 valence electrons. The standard InChI is InChI=1S/C20H23NO5/c1-23-18-9-2-3-10-19(18)26-14-20(22)21-15-6-4-7-16(12-15)25-13-17-8-5-11-24-17/h2-4,6-7,9-10,12,17H,5,8,11,13-14H2,1H3,(H,21,22). The van der Waals surface area contributed by atoms with Gasteiger partial charge in [-0.05, 0) is 37.1 Å². The SMILES string of the molecule is COc1ccccc1OCC(=O)Nc1cccc(OCC2CCCO2)c1. The molecule has 3 rings (SSSR count). The Morgan fingerprint density at radius 1 is 1.15 bits per heavy atom. The lowest BCUT2D eigenvalue weighted by atomic mass is 10.2. The monoisotopic (exact) mass is 357 g/mol. The first-order valence-electron chi connectivity index (χ1n) is 8.65. The summed E-state index contributed by atoms with van der Waals surface area (Å²) in [6.45, 7) is 1.21. The lowest BCUT2D eigenvalue weighted by Crippen LogP contribution is -2.20. The third-order valence-corrected chi connectivity index (χ3v) is 4.01. The molecule has 1 N–H and O–H groups in total. The number of carbonyl (C=O) groups is 1. The van der Waals surface area contributed by atoms with E-state index in [4.69, 9.17) is 18.9 Å². The van der Waals surface area contributed by atoms with E-state index in [2.05, 4.69) is 5.32 Å². The molecule has 6 heteroatoms. The molecule has 1 unspecified atom stereocenters. The van der Waals surface area contributed by atoms with Crippen LogP contribution >= 0.6 is 0 Å². The largest absolute Gasteiger partial charge is 0.493 e. The van der Waals surface area contributed by atoms with Gasteiger partial charge >= 0.3 is 0 Å². The second-order valence-corrected chi connectivity index (χ2v) is 5.96. The number of rotatable bonds is 8. The maximum absolute atomic E-state index is 12.1. The molecule has 1 aliphatic rings. The normalized spacial score (nSPS) is 16.1. The van der Waals surface area contributed by atoms with Gasteiger partial charge in [-0.2, -0.15) is 0 Å². The van der Waals surface area contributed by atoms with Crippen molar-refractivity contribution in [3.63, 3.8) is 0 Å². The summed E-state index contributed by atoms with van der Waals surface area (Å²) in [5, 5.41) is 2.80. The van der Waals surface area contributed by atoms with Gasteiger partial charge < -0.3 is 24.3 Å². The number of carbonyl (C=O) groups excluding carboxylic acids is 1. The van der Waals surface area contributed by atoms with E-state index in [0.717, 1.165) is 19.4 Å². The summed E-state index contributed by atoms with van der Waals surface area (Å²) in [6.07, 6.45) is 2.26. The zero-order valence-electron chi connectivity index (χ0n) is 14.8. The van der Waals surface area contributed by atoms with Gasteiger partial charge in [-0.3, -0.25) is 4.79 Å². The van der Waals surface area contributed by atoms with Gasteiger partial charge in [0.1, 0.15) is 12.4 Å². The Morgan fingerprint density at radius 3 is 2.77 bits per heavy atom. The summed E-state index contributed by atoms with van der Waals surface area (Å²) < 4.78 is 22.0. The van der Waals surface area contributed by atoms with Crippen molar-refractivity contribution in [2.75, 3.05) is 32.2 Å². The fourth-order valence-corrected chi connectivity index (χ4v) is 2.71. The van der Waals surface area contributed by atoms with Crippen molar-refractivity contribution in [3.05, 3.63) is 48.5 Å². The van der Waals surface area contributed by atoms with Gasteiger partial charge in [-0.1, -0.05) is 18.2 Å². The molecule has 0 saturated carbocycles. The summed E-state index contributed by atoms with van der Waals surface area (Å²) in [7, 11) is 1.56. The summed E-state index contributed by atoms with van der Waals surface area (Å²) >= 11 is 0. The molecule has 1 aliphatic heterocycles. The molecule has 0 bridgehead atoms. The van der Waals surface area contributed by atoms with Crippen molar-refractivity contribution in [1.82, 2.24) is 0 Å². The Kier molecular flexibility index (Phi) is 6.33. The molecule has 2 aromatic rings. The molecule has 2 aromatic carbocycles. The van der Waals surface area contributed by atoms with E-state index in [9.17, 15) is 4.79 Å². The topological polar surface area (TPSA) is 66.0 Å². The molecule has 0 aliphatic carbocycles. The van der Waals surface area contributed by atoms with Crippen molar-refractivity contribution < 1.29 is 23.7 Å². The number of benzene rings is 2. The number of anilines is 1. The highest BCUT2D eigenvalue weighted by molar-refractivity contribution is 5.92. The molecule has 26 heavy (non-hydrogen) atoms. The number of para-hydroxylation sites is 2. The Bertz CT molecular complexity index is 728. The van der Waals surface area contributed by atoms with E-state index < -0.39 is 0 Å². The Hall–Kier alpha value is -2.73. The van der Waals surface area contributed by atoms with Gasteiger partial charge in [0, 0.05) is 18.4 Å². The number of hydrogen-bond donors (Lipinski definition) is 1. The minimum atomic E-state index is -0.257. The van der Waals surface area contributed by atoms with Gasteiger partial charge in [0.25, 0.3) is 5.91 Å². The van der Waals surface area contributed by atoms with Crippen LogP contribution in [0.15, 0.2) is 48.5 Å². The predicted molar refractivity (Wildman–Crippen MR) is 98.0 cm³/mol.